The Kier molecular flexibility index (Phi) is 4.20. The molecule has 0 fully saturated rings. The number of carbonyl (C=O) groups is 1. The molecule has 1 unspecified atom stereocenters. The lowest BCUT2D eigenvalue weighted by atomic mass is 10.2. The molecule has 1 aromatic carbocycles. The monoisotopic (exact) mass is 408 g/mol. The topological polar surface area (TPSA) is 108 Å². The van der Waals surface area contributed by atoms with Gasteiger partial charge in [0.05, 0.1) is 17.9 Å². The fourth-order valence-corrected chi connectivity index (χ4v) is 4.47. The minimum absolute atomic E-state index is 0.145. The first kappa shape index (κ1) is 17.7. The van der Waals surface area contributed by atoms with Crippen LogP contribution in [0, 0.1) is 6.92 Å². The van der Waals surface area contributed by atoms with Gasteiger partial charge in [-0.3, -0.25) is 14.2 Å². The molecule has 0 aliphatic carbocycles. The molecule has 10 heteroatoms. The molecule has 1 atom stereocenters. The summed E-state index contributed by atoms with van der Waals surface area (Å²) in [6, 6.07) is 9.14. The Morgan fingerprint density at radius 3 is 2.90 bits per heavy atom. The Hall–Kier alpha value is -3.40. The van der Waals surface area contributed by atoms with Gasteiger partial charge in [0.1, 0.15) is 11.6 Å². The van der Waals surface area contributed by atoms with Crippen molar-refractivity contribution < 1.29 is 9.32 Å². The van der Waals surface area contributed by atoms with Crippen molar-refractivity contribution in [2.45, 2.75) is 24.5 Å². The van der Waals surface area contributed by atoms with E-state index < -0.39 is 0 Å². The third kappa shape index (κ3) is 3.11. The predicted octanol–water partition coefficient (Wildman–Crippen LogP) is 2.55. The van der Waals surface area contributed by atoms with E-state index in [1.165, 1.54) is 24.2 Å². The van der Waals surface area contributed by atoms with Crippen LogP contribution in [0.1, 0.15) is 18.0 Å². The maximum atomic E-state index is 13.1. The minimum atomic E-state index is -0.283. The molecule has 1 N–H and O–H groups in total. The quantitative estimate of drug-likeness (QED) is 0.517. The first-order valence-electron chi connectivity index (χ1n) is 9.00. The number of aryl methyl sites for hydroxylation is 1. The average Bonchev–Trinajstić information content (AvgIpc) is 3.43. The Labute approximate surface area is 168 Å². The number of hydrogen-bond donors (Lipinski definition) is 1. The second-order valence-electron chi connectivity index (χ2n) is 6.80. The summed E-state index contributed by atoms with van der Waals surface area (Å²) in [5.41, 5.74) is 2.31. The van der Waals surface area contributed by atoms with E-state index in [2.05, 4.69) is 20.6 Å². The lowest BCUT2D eigenvalue weighted by molar-refractivity contribution is -0.116. The van der Waals surface area contributed by atoms with Crippen LogP contribution in [-0.4, -0.2) is 36.1 Å². The van der Waals surface area contributed by atoms with Crippen molar-refractivity contribution in [2.24, 2.45) is 0 Å². The van der Waals surface area contributed by atoms with E-state index in [9.17, 15) is 9.59 Å². The summed E-state index contributed by atoms with van der Waals surface area (Å²) in [6.45, 7) is 2.01. The fourth-order valence-electron chi connectivity index (χ4n) is 3.34. The van der Waals surface area contributed by atoms with Gasteiger partial charge < -0.3 is 9.84 Å². The van der Waals surface area contributed by atoms with E-state index in [-0.39, 0.29) is 23.9 Å². The van der Waals surface area contributed by atoms with Gasteiger partial charge in [0, 0.05) is 18.2 Å². The molecule has 3 aromatic heterocycles. The lowest BCUT2D eigenvalue weighted by Crippen LogP contribution is -2.27. The first-order chi connectivity index (χ1) is 14.1. The smallest absolute Gasteiger partial charge is 0.265 e. The van der Waals surface area contributed by atoms with Crippen molar-refractivity contribution in [1.29, 1.82) is 0 Å². The summed E-state index contributed by atoms with van der Waals surface area (Å²) in [5.74, 6) is 0.708. The zero-order chi connectivity index (χ0) is 20.0. The number of fused-ring (bicyclic) bond motifs is 2. The van der Waals surface area contributed by atoms with Gasteiger partial charge in [-0.05, 0) is 19.1 Å². The number of amides is 1. The van der Waals surface area contributed by atoms with Crippen LogP contribution in [0.15, 0.2) is 57.3 Å². The van der Waals surface area contributed by atoms with Crippen LogP contribution < -0.4 is 10.9 Å². The van der Waals surface area contributed by atoms with E-state index in [1.54, 1.807) is 15.3 Å². The molecule has 1 amide bonds. The molecule has 0 spiro atoms. The first-order valence-corrected chi connectivity index (χ1v) is 9.99. The average molecular weight is 408 g/mol. The van der Waals surface area contributed by atoms with Crippen molar-refractivity contribution in [3.05, 3.63) is 58.7 Å². The summed E-state index contributed by atoms with van der Waals surface area (Å²) in [7, 11) is 0. The van der Waals surface area contributed by atoms with Crippen molar-refractivity contribution in [3.63, 3.8) is 0 Å². The molecule has 5 rings (SSSR count). The van der Waals surface area contributed by atoms with Crippen LogP contribution in [0.25, 0.3) is 16.7 Å². The largest absolute Gasteiger partial charge is 0.363 e. The summed E-state index contributed by atoms with van der Waals surface area (Å²) in [4.78, 5) is 30.1. The highest BCUT2D eigenvalue weighted by atomic mass is 32.2. The highest BCUT2D eigenvalue weighted by Crippen LogP contribution is 2.33. The molecular weight excluding hydrogens is 392 g/mol. The van der Waals surface area contributed by atoms with Crippen molar-refractivity contribution in [1.82, 2.24) is 24.5 Å². The van der Waals surface area contributed by atoms with Crippen LogP contribution in [-0.2, 0) is 4.79 Å². The van der Waals surface area contributed by atoms with Crippen LogP contribution in [0.4, 0.5) is 5.82 Å². The molecule has 0 saturated carbocycles. The SMILES string of the molecule is Cc1ccc(-n2ncc3c(=O)n4c(nc32)SCC4CC(=O)Nc2ccon2)cc1. The van der Waals surface area contributed by atoms with Crippen LogP contribution in [0.3, 0.4) is 0 Å². The van der Waals surface area contributed by atoms with Crippen LogP contribution in [0.2, 0.25) is 0 Å². The molecule has 4 aromatic rings. The Morgan fingerprint density at radius 1 is 1.31 bits per heavy atom. The van der Waals surface area contributed by atoms with Gasteiger partial charge in [-0.2, -0.15) is 5.10 Å². The molecule has 0 saturated heterocycles. The summed E-state index contributed by atoms with van der Waals surface area (Å²) >= 11 is 1.46. The van der Waals surface area contributed by atoms with Gasteiger partial charge in [0.25, 0.3) is 5.56 Å². The zero-order valence-corrected chi connectivity index (χ0v) is 16.2. The Morgan fingerprint density at radius 2 is 2.14 bits per heavy atom. The van der Waals surface area contributed by atoms with E-state index in [1.807, 2.05) is 31.2 Å². The number of aromatic nitrogens is 5. The number of benzene rings is 1. The number of nitrogens with one attached hydrogen (secondary N) is 1. The summed E-state index contributed by atoms with van der Waals surface area (Å²) in [6.07, 6.45) is 3.06. The third-order valence-electron chi connectivity index (χ3n) is 4.78. The minimum Gasteiger partial charge on any atom is -0.363 e. The van der Waals surface area contributed by atoms with Crippen molar-refractivity contribution in [3.8, 4) is 5.69 Å². The Balaban J connectivity index is 1.48. The standard InChI is InChI=1S/C19H16N6O3S/c1-11-2-4-12(5-3-11)25-17-14(9-20-25)18(27)24-13(10-29-19(24)22-17)8-16(26)21-15-6-7-28-23-15/h2-7,9,13H,8,10H2,1H3,(H,21,23,26). The van der Waals surface area contributed by atoms with Gasteiger partial charge >= 0.3 is 0 Å². The van der Waals surface area contributed by atoms with Crippen LogP contribution in [0.5, 0.6) is 0 Å². The summed E-state index contributed by atoms with van der Waals surface area (Å²) in [5, 5.41) is 11.7. The number of carbonyl (C=O) groups excluding carboxylic acids is 1. The van der Waals surface area contributed by atoms with E-state index in [0.29, 0.717) is 27.8 Å². The van der Waals surface area contributed by atoms with E-state index in [0.717, 1.165) is 11.3 Å². The maximum absolute atomic E-state index is 13.1. The zero-order valence-electron chi connectivity index (χ0n) is 15.4. The van der Waals surface area contributed by atoms with E-state index in [4.69, 9.17) is 4.52 Å². The van der Waals surface area contributed by atoms with Crippen molar-refractivity contribution >= 4 is 34.5 Å². The predicted molar refractivity (Wildman–Crippen MR) is 107 cm³/mol. The van der Waals surface area contributed by atoms with E-state index >= 15 is 0 Å². The van der Waals surface area contributed by atoms with Gasteiger partial charge in [-0.1, -0.05) is 34.6 Å². The molecule has 9 nitrogen and oxygen atoms in total. The number of hydrogen-bond acceptors (Lipinski definition) is 7. The maximum Gasteiger partial charge on any atom is 0.265 e. The second-order valence-corrected chi connectivity index (χ2v) is 7.79. The van der Waals surface area contributed by atoms with Crippen molar-refractivity contribution in [2.75, 3.05) is 11.1 Å². The molecule has 1 aliphatic rings. The number of thioether (sulfide) groups is 1. The Bertz CT molecular complexity index is 1260. The lowest BCUT2D eigenvalue weighted by Gasteiger charge is -2.12. The highest BCUT2D eigenvalue weighted by Gasteiger charge is 2.29. The van der Waals surface area contributed by atoms with Gasteiger partial charge in [-0.15, -0.1) is 0 Å². The molecule has 4 heterocycles. The number of nitrogens with zero attached hydrogens (tertiary/aromatic N) is 5. The third-order valence-corrected chi connectivity index (χ3v) is 5.87. The number of anilines is 1. The fraction of sp³-hybridized carbons (Fsp3) is 0.211. The molecule has 0 bridgehead atoms. The molecular formula is C19H16N6O3S. The normalized spacial score (nSPS) is 15.6. The highest BCUT2D eigenvalue weighted by molar-refractivity contribution is 7.99. The molecule has 146 valence electrons. The molecule has 29 heavy (non-hydrogen) atoms. The van der Waals surface area contributed by atoms with Gasteiger partial charge in [-0.25, -0.2) is 9.67 Å². The molecule has 1 aliphatic heterocycles. The van der Waals surface area contributed by atoms with Gasteiger partial charge in [0.2, 0.25) is 5.91 Å². The van der Waals surface area contributed by atoms with Crippen LogP contribution >= 0.6 is 11.8 Å². The second kappa shape index (κ2) is 6.89. The number of rotatable bonds is 4. The molecule has 0 radical (unpaired) electrons. The summed E-state index contributed by atoms with van der Waals surface area (Å²) < 4.78 is 7.97. The van der Waals surface area contributed by atoms with Gasteiger partial charge in [0.15, 0.2) is 16.6 Å².